The summed E-state index contributed by atoms with van der Waals surface area (Å²) in [5, 5.41) is 0. The van der Waals surface area contributed by atoms with E-state index in [1.807, 2.05) is 0 Å². The standard InChI is InChI=1S/C13H19N3O/c14-12(17)11-10-7-3-4-8-16(10)13(15-11)9-5-1-2-6-9/h9H,1-8H2,(H2,14,17). The molecule has 4 nitrogen and oxygen atoms in total. The number of amides is 1. The van der Waals surface area contributed by atoms with Gasteiger partial charge in [0.2, 0.25) is 0 Å². The summed E-state index contributed by atoms with van der Waals surface area (Å²) in [6.45, 7) is 1.02. The van der Waals surface area contributed by atoms with Gasteiger partial charge in [-0.2, -0.15) is 0 Å². The van der Waals surface area contributed by atoms with Crippen LogP contribution in [0.1, 0.15) is 66.4 Å². The maximum Gasteiger partial charge on any atom is 0.269 e. The van der Waals surface area contributed by atoms with Gasteiger partial charge in [-0.3, -0.25) is 4.79 Å². The second-order valence-electron chi connectivity index (χ2n) is 5.22. The van der Waals surface area contributed by atoms with Crippen LogP contribution in [0.5, 0.6) is 0 Å². The Morgan fingerprint density at radius 3 is 2.71 bits per heavy atom. The quantitative estimate of drug-likeness (QED) is 0.849. The average Bonchev–Trinajstić information content (AvgIpc) is 2.95. The predicted octanol–water partition coefficient (Wildman–Crippen LogP) is 1.98. The minimum Gasteiger partial charge on any atom is -0.364 e. The number of rotatable bonds is 2. The normalized spacial score (nSPS) is 20.5. The lowest BCUT2D eigenvalue weighted by atomic mass is 10.1. The predicted molar refractivity (Wildman–Crippen MR) is 64.9 cm³/mol. The van der Waals surface area contributed by atoms with Crippen LogP contribution in [0.15, 0.2) is 0 Å². The summed E-state index contributed by atoms with van der Waals surface area (Å²) in [6, 6.07) is 0. The van der Waals surface area contributed by atoms with Crippen LogP contribution in [0, 0.1) is 0 Å². The van der Waals surface area contributed by atoms with Gasteiger partial charge in [0.25, 0.3) is 5.91 Å². The fourth-order valence-corrected chi connectivity index (χ4v) is 3.26. The van der Waals surface area contributed by atoms with Gasteiger partial charge in [0.15, 0.2) is 0 Å². The van der Waals surface area contributed by atoms with E-state index in [1.54, 1.807) is 0 Å². The van der Waals surface area contributed by atoms with E-state index < -0.39 is 0 Å². The van der Waals surface area contributed by atoms with E-state index in [9.17, 15) is 4.79 Å². The first kappa shape index (κ1) is 10.8. The lowest BCUT2D eigenvalue weighted by Crippen LogP contribution is -2.18. The van der Waals surface area contributed by atoms with Crippen molar-refractivity contribution in [3.8, 4) is 0 Å². The monoisotopic (exact) mass is 233 g/mol. The summed E-state index contributed by atoms with van der Waals surface area (Å²) in [5.41, 5.74) is 7.06. The highest BCUT2D eigenvalue weighted by atomic mass is 16.1. The number of carbonyl (C=O) groups is 1. The lowest BCUT2D eigenvalue weighted by Gasteiger charge is -2.19. The molecule has 0 unspecified atom stereocenters. The van der Waals surface area contributed by atoms with Gasteiger partial charge in [-0.1, -0.05) is 12.8 Å². The molecule has 1 aromatic heterocycles. The molecular weight excluding hydrogens is 214 g/mol. The molecule has 1 aliphatic heterocycles. The molecule has 0 spiro atoms. The Bertz CT molecular complexity index is 444. The van der Waals surface area contributed by atoms with Crippen LogP contribution >= 0.6 is 0 Å². The molecule has 0 aromatic carbocycles. The summed E-state index contributed by atoms with van der Waals surface area (Å²) in [6.07, 6.45) is 8.32. The number of aromatic nitrogens is 2. The number of fused-ring (bicyclic) bond motifs is 1. The molecular formula is C13H19N3O. The molecule has 0 radical (unpaired) electrons. The molecule has 17 heavy (non-hydrogen) atoms. The van der Waals surface area contributed by atoms with Crippen LogP contribution in [0.25, 0.3) is 0 Å². The zero-order valence-corrected chi connectivity index (χ0v) is 10.1. The first-order valence-corrected chi connectivity index (χ1v) is 6.66. The van der Waals surface area contributed by atoms with Crippen molar-refractivity contribution in [3.63, 3.8) is 0 Å². The molecule has 1 saturated carbocycles. The SMILES string of the molecule is NC(=O)c1nc(C2CCCC2)n2c1CCCC2. The van der Waals surface area contributed by atoms with Crippen molar-refractivity contribution >= 4 is 5.91 Å². The summed E-state index contributed by atoms with van der Waals surface area (Å²) in [7, 11) is 0. The highest BCUT2D eigenvalue weighted by molar-refractivity contribution is 5.92. The number of primary amides is 1. The molecule has 2 aliphatic rings. The van der Waals surface area contributed by atoms with Gasteiger partial charge in [-0.05, 0) is 32.1 Å². The van der Waals surface area contributed by atoms with Crippen LogP contribution < -0.4 is 5.73 Å². The van der Waals surface area contributed by atoms with Crippen molar-refractivity contribution in [2.75, 3.05) is 0 Å². The number of nitrogens with zero attached hydrogens (tertiary/aromatic N) is 2. The Labute approximate surface area is 101 Å². The molecule has 3 rings (SSSR count). The number of nitrogens with two attached hydrogens (primary N) is 1. The smallest absolute Gasteiger partial charge is 0.269 e. The molecule has 1 aromatic rings. The Hall–Kier alpha value is -1.32. The molecule has 0 atom stereocenters. The van der Waals surface area contributed by atoms with E-state index in [0.29, 0.717) is 11.6 Å². The molecule has 4 heteroatoms. The topological polar surface area (TPSA) is 60.9 Å². The maximum atomic E-state index is 11.4. The lowest BCUT2D eigenvalue weighted by molar-refractivity contribution is 0.0994. The fraction of sp³-hybridized carbons (Fsp3) is 0.692. The number of imidazole rings is 1. The molecule has 0 bridgehead atoms. The van der Waals surface area contributed by atoms with Crippen LogP contribution in [-0.2, 0) is 13.0 Å². The van der Waals surface area contributed by atoms with Gasteiger partial charge in [0.1, 0.15) is 11.5 Å². The Kier molecular flexibility index (Phi) is 2.65. The van der Waals surface area contributed by atoms with E-state index in [0.717, 1.165) is 30.9 Å². The Morgan fingerprint density at radius 1 is 1.24 bits per heavy atom. The van der Waals surface area contributed by atoms with Crippen LogP contribution in [0.4, 0.5) is 0 Å². The first-order valence-electron chi connectivity index (χ1n) is 6.66. The highest BCUT2D eigenvalue weighted by Crippen LogP contribution is 2.35. The molecule has 1 aliphatic carbocycles. The molecule has 1 fully saturated rings. The first-order chi connectivity index (χ1) is 8.27. The van der Waals surface area contributed by atoms with Gasteiger partial charge >= 0.3 is 0 Å². The van der Waals surface area contributed by atoms with Crippen molar-refractivity contribution in [2.24, 2.45) is 5.73 Å². The van der Waals surface area contributed by atoms with Gasteiger partial charge in [0, 0.05) is 12.5 Å². The third kappa shape index (κ3) is 1.75. The van der Waals surface area contributed by atoms with Crippen molar-refractivity contribution < 1.29 is 4.79 Å². The molecule has 2 heterocycles. The van der Waals surface area contributed by atoms with Gasteiger partial charge in [-0.25, -0.2) is 4.98 Å². The van der Waals surface area contributed by atoms with Crippen molar-refractivity contribution in [1.82, 2.24) is 9.55 Å². The van der Waals surface area contributed by atoms with E-state index in [2.05, 4.69) is 9.55 Å². The highest BCUT2D eigenvalue weighted by Gasteiger charge is 2.28. The Balaban J connectivity index is 2.05. The molecule has 2 N–H and O–H groups in total. The second kappa shape index (κ2) is 4.17. The summed E-state index contributed by atoms with van der Waals surface area (Å²) in [4.78, 5) is 16.0. The van der Waals surface area contributed by atoms with E-state index in [-0.39, 0.29) is 5.91 Å². The second-order valence-corrected chi connectivity index (χ2v) is 5.22. The van der Waals surface area contributed by atoms with E-state index in [4.69, 9.17) is 5.73 Å². The van der Waals surface area contributed by atoms with Crippen LogP contribution in [-0.4, -0.2) is 15.5 Å². The maximum absolute atomic E-state index is 11.4. The fourth-order valence-electron chi connectivity index (χ4n) is 3.26. The minimum atomic E-state index is -0.361. The third-order valence-electron chi connectivity index (χ3n) is 4.10. The van der Waals surface area contributed by atoms with Gasteiger partial charge in [-0.15, -0.1) is 0 Å². The summed E-state index contributed by atoms with van der Waals surface area (Å²) >= 11 is 0. The summed E-state index contributed by atoms with van der Waals surface area (Å²) < 4.78 is 2.28. The Morgan fingerprint density at radius 2 is 2.00 bits per heavy atom. The van der Waals surface area contributed by atoms with Crippen LogP contribution in [0.3, 0.4) is 0 Å². The average molecular weight is 233 g/mol. The van der Waals surface area contributed by atoms with E-state index >= 15 is 0 Å². The number of hydrogen-bond acceptors (Lipinski definition) is 2. The van der Waals surface area contributed by atoms with Gasteiger partial charge < -0.3 is 10.3 Å². The largest absolute Gasteiger partial charge is 0.364 e. The molecule has 1 amide bonds. The van der Waals surface area contributed by atoms with Crippen molar-refractivity contribution in [1.29, 1.82) is 0 Å². The molecule has 92 valence electrons. The van der Waals surface area contributed by atoms with Gasteiger partial charge in [0.05, 0.1) is 5.69 Å². The number of hydrogen-bond donors (Lipinski definition) is 1. The van der Waals surface area contributed by atoms with Crippen molar-refractivity contribution in [2.45, 2.75) is 57.4 Å². The zero-order valence-electron chi connectivity index (χ0n) is 10.1. The van der Waals surface area contributed by atoms with Crippen molar-refractivity contribution in [3.05, 3.63) is 17.2 Å². The molecule has 0 saturated heterocycles. The number of carbonyl (C=O) groups excluding carboxylic acids is 1. The van der Waals surface area contributed by atoms with E-state index in [1.165, 1.54) is 32.1 Å². The zero-order chi connectivity index (χ0) is 11.8. The third-order valence-corrected chi connectivity index (χ3v) is 4.10. The summed E-state index contributed by atoms with van der Waals surface area (Å²) in [5.74, 6) is 1.32. The minimum absolute atomic E-state index is 0.361. The van der Waals surface area contributed by atoms with Crippen LogP contribution in [0.2, 0.25) is 0 Å².